The minimum absolute atomic E-state index is 0.0561. The van der Waals surface area contributed by atoms with Crippen molar-refractivity contribution in [1.29, 1.82) is 0 Å². The van der Waals surface area contributed by atoms with E-state index in [1.54, 1.807) is 7.05 Å². The summed E-state index contributed by atoms with van der Waals surface area (Å²) in [4.78, 5) is 6.60. The molecule has 1 atom stereocenters. The fraction of sp³-hybridized carbons (Fsp3) is 0.650. The van der Waals surface area contributed by atoms with E-state index >= 15 is 0 Å². The number of nitrogens with zero attached hydrogens (tertiary/aromatic N) is 2. The largest absolute Gasteiger partial charge is 0.369 e. The third-order valence-electron chi connectivity index (χ3n) is 5.63. The number of sulfonamides is 1. The molecule has 1 unspecified atom stereocenters. The van der Waals surface area contributed by atoms with Crippen molar-refractivity contribution in [2.75, 3.05) is 43.9 Å². The van der Waals surface area contributed by atoms with Crippen molar-refractivity contribution in [1.82, 2.24) is 15.4 Å². The average Bonchev–Trinajstić information content (AvgIpc) is 3.08. The minimum Gasteiger partial charge on any atom is -0.369 e. The predicted molar refractivity (Wildman–Crippen MR) is 115 cm³/mol. The maximum Gasteiger partial charge on any atom is 0.213 e. The lowest BCUT2D eigenvalue weighted by molar-refractivity contribution is 0.316. The fourth-order valence-electron chi connectivity index (χ4n) is 3.57. The van der Waals surface area contributed by atoms with Gasteiger partial charge in [-0.15, -0.1) is 0 Å². The van der Waals surface area contributed by atoms with E-state index in [-0.39, 0.29) is 5.75 Å². The molecule has 2 fully saturated rings. The van der Waals surface area contributed by atoms with Gasteiger partial charge in [-0.25, -0.2) is 13.1 Å². The van der Waals surface area contributed by atoms with E-state index in [9.17, 15) is 8.42 Å². The Labute approximate surface area is 169 Å². The number of anilines is 1. The van der Waals surface area contributed by atoms with Crippen molar-refractivity contribution >= 4 is 21.7 Å². The molecule has 3 rings (SSSR count). The first kappa shape index (κ1) is 20.9. The van der Waals surface area contributed by atoms with Crippen molar-refractivity contribution in [3.05, 3.63) is 29.8 Å². The van der Waals surface area contributed by atoms with Crippen LogP contribution in [0.1, 0.15) is 31.2 Å². The van der Waals surface area contributed by atoms with Crippen LogP contribution in [0, 0.1) is 12.8 Å². The monoisotopic (exact) mass is 407 g/mol. The van der Waals surface area contributed by atoms with Crippen molar-refractivity contribution in [2.24, 2.45) is 10.9 Å². The van der Waals surface area contributed by atoms with Crippen LogP contribution in [0.4, 0.5) is 5.69 Å². The number of rotatable bonds is 8. The number of nitrogens with one attached hydrogen (secondary N) is 3. The van der Waals surface area contributed by atoms with Gasteiger partial charge in [0.2, 0.25) is 10.0 Å². The molecule has 3 N–H and O–H groups in total. The van der Waals surface area contributed by atoms with Gasteiger partial charge in [0.1, 0.15) is 0 Å². The van der Waals surface area contributed by atoms with Gasteiger partial charge in [-0.1, -0.05) is 24.1 Å². The summed E-state index contributed by atoms with van der Waals surface area (Å²) < 4.78 is 26.9. The zero-order valence-corrected chi connectivity index (χ0v) is 17.8. The number of aryl methyl sites for hydroxylation is 1. The Kier molecular flexibility index (Phi) is 7.18. The summed E-state index contributed by atoms with van der Waals surface area (Å²) in [5, 5.41) is 6.54. The van der Waals surface area contributed by atoms with E-state index in [0.717, 1.165) is 32.4 Å². The van der Waals surface area contributed by atoms with Crippen LogP contribution in [0.2, 0.25) is 0 Å². The smallest absolute Gasteiger partial charge is 0.213 e. The molecule has 1 saturated carbocycles. The van der Waals surface area contributed by atoms with Crippen molar-refractivity contribution < 1.29 is 8.42 Å². The second kappa shape index (κ2) is 9.60. The van der Waals surface area contributed by atoms with E-state index in [1.807, 2.05) is 0 Å². The zero-order chi connectivity index (χ0) is 20.0. The molecule has 8 heteroatoms. The van der Waals surface area contributed by atoms with Crippen LogP contribution < -0.4 is 20.3 Å². The molecular weight excluding hydrogens is 374 g/mol. The first-order valence-corrected chi connectivity index (χ1v) is 11.9. The zero-order valence-electron chi connectivity index (χ0n) is 16.9. The molecule has 0 amide bonds. The van der Waals surface area contributed by atoms with Crippen LogP contribution in [0.25, 0.3) is 0 Å². The van der Waals surface area contributed by atoms with Gasteiger partial charge in [0.25, 0.3) is 0 Å². The van der Waals surface area contributed by atoms with Crippen molar-refractivity contribution in [2.45, 2.75) is 38.6 Å². The summed E-state index contributed by atoms with van der Waals surface area (Å²) in [5.41, 5.74) is 2.50. The Hall–Kier alpha value is -1.80. The Bertz CT molecular complexity index is 759. The molecular formula is C20H33N5O2S. The normalized spacial score (nSPS) is 20.9. The number of benzene rings is 1. The van der Waals surface area contributed by atoms with E-state index in [4.69, 9.17) is 0 Å². The Balaban J connectivity index is 1.39. The van der Waals surface area contributed by atoms with Gasteiger partial charge in [-0.05, 0) is 44.2 Å². The van der Waals surface area contributed by atoms with E-state index in [1.165, 1.54) is 17.7 Å². The highest BCUT2D eigenvalue weighted by Crippen LogP contribution is 2.25. The van der Waals surface area contributed by atoms with Gasteiger partial charge < -0.3 is 15.5 Å². The van der Waals surface area contributed by atoms with E-state index in [2.05, 4.69) is 56.4 Å². The molecule has 0 spiro atoms. The van der Waals surface area contributed by atoms with Crippen molar-refractivity contribution in [3.63, 3.8) is 0 Å². The molecule has 1 aliphatic heterocycles. The predicted octanol–water partition coefficient (Wildman–Crippen LogP) is 1.46. The summed E-state index contributed by atoms with van der Waals surface area (Å²) >= 11 is 0. The Morgan fingerprint density at radius 2 is 1.96 bits per heavy atom. The van der Waals surface area contributed by atoms with Crippen LogP contribution in [-0.2, 0) is 10.0 Å². The highest BCUT2D eigenvalue weighted by molar-refractivity contribution is 7.89. The van der Waals surface area contributed by atoms with Crippen molar-refractivity contribution in [3.8, 4) is 0 Å². The Morgan fingerprint density at radius 1 is 1.21 bits per heavy atom. The lowest BCUT2D eigenvalue weighted by Crippen LogP contribution is -2.46. The SMILES string of the molecule is CN=C(NCCS(=O)(=O)NCC1CCC1)NC1CCN(c2ccc(C)cc2)C1. The maximum atomic E-state index is 12.1. The van der Waals surface area contributed by atoms with Gasteiger partial charge in [0, 0.05) is 45.0 Å². The molecule has 28 heavy (non-hydrogen) atoms. The van der Waals surface area contributed by atoms with Gasteiger partial charge in [0.05, 0.1) is 5.75 Å². The van der Waals surface area contributed by atoms with E-state index < -0.39 is 10.0 Å². The first-order chi connectivity index (χ1) is 13.4. The highest BCUT2D eigenvalue weighted by atomic mass is 32.2. The number of hydrogen-bond donors (Lipinski definition) is 3. The van der Waals surface area contributed by atoms with Crippen LogP contribution in [0.5, 0.6) is 0 Å². The summed E-state index contributed by atoms with van der Waals surface area (Å²) in [6.45, 7) is 4.92. The molecule has 1 saturated heterocycles. The molecule has 1 aliphatic carbocycles. The standard InChI is InChI=1S/C20H33N5O2S/c1-16-6-8-19(9-7-16)25-12-10-18(15-25)24-20(21-2)22-11-13-28(26,27)23-14-17-4-3-5-17/h6-9,17-18,23H,3-5,10-15H2,1-2H3,(H2,21,22,24). The summed E-state index contributed by atoms with van der Waals surface area (Å²) in [5.74, 6) is 1.24. The second-order valence-electron chi connectivity index (χ2n) is 7.87. The molecule has 1 aromatic carbocycles. The summed E-state index contributed by atoms with van der Waals surface area (Å²) in [6, 6.07) is 8.88. The van der Waals surface area contributed by atoms with Gasteiger partial charge in [-0.2, -0.15) is 0 Å². The number of hydrogen-bond acceptors (Lipinski definition) is 4. The first-order valence-electron chi connectivity index (χ1n) is 10.2. The maximum absolute atomic E-state index is 12.1. The van der Waals surface area contributed by atoms with E-state index in [0.29, 0.717) is 31.0 Å². The fourth-order valence-corrected chi connectivity index (χ4v) is 4.58. The summed E-state index contributed by atoms with van der Waals surface area (Å²) in [7, 11) is -1.52. The topological polar surface area (TPSA) is 85.8 Å². The molecule has 156 valence electrons. The van der Waals surface area contributed by atoms with Crippen LogP contribution in [-0.4, -0.2) is 59.4 Å². The van der Waals surface area contributed by atoms with Gasteiger partial charge >= 0.3 is 0 Å². The third-order valence-corrected chi connectivity index (χ3v) is 6.98. The Morgan fingerprint density at radius 3 is 2.61 bits per heavy atom. The minimum atomic E-state index is -3.24. The molecule has 0 radical (unpaired) electrons. The lowest BCUT2D eigenvalue weighted by atomic mass is 9.86. The molecule has 2 aliphatic rings. The molecule has 0 bridgehead atoms. The molecule has 1 heterocycles. The number of aliphatic imine (C=N–C) groups is 1. The number of guanidine groups is 1. The molecule has 7 nitrogen and oxygen atoms in total. The van der Waals surface area contributed by atoms with Gasteiger partial charge in [0.15, 0.2) is 5.96 Å². The molecule has 1 aromatic rings. The molecule has 0 aromatic heterocycles. The lowest BCUT2D eigenvalue weighted by Gasteiger charge is -2.25. The second-order valence-corrected chi connectivity index (χ2v) is 9.80. The van der Waals surface area contributed by atoms with Crippen LogP contribution >= 0.6 is 0 Å². The average molecular weight is 408 g/mol. The summed E-state index contributed by atoms with van der Waals surface area (Å²) in [6.07, 6.45) is 4.52. The van der Waals surface area contributed by atoms with Gasteiger partial charge in [-0.3, -0.25) is 4.99 Å². The quantitative estimate of drug-likeness (QED) is 0.449. The van der Waals surface area contributed by atoms with Crippen LogP contribution in [0.15, 0.2) is 29.3 Å². The third kappa shape index (κ3) is 6.10. The highest BCUT2D eigenvalue weighted by Gasteiger charge is 2.24. The van der Waals surface area contributed by atoms with Crippen LogP contribution in [0.3, 0.4) is 0 Å².